The Morgan fingerprint density at radius 3 is 2.80 bits per heavy atom. The molecule has 2 aromatic heterocycles. The van der Waals surface area contributed by atoms with Crippen LogP contribution < -0.4 is 19.8 Å². The van der Waals surface area contributed by atoms with Crippen molar-refractivity contribution in [1.82, 2.24) is 30.1 Å². The van der Waals surface area contributed by atoms with Gasteiger partial charge in [0.05, 0.1) is 32.3 Å². The smallest absolute Gasteiger partial charge is 0.252 e. The van der Waals surface area contributed by atoms with Crippen molar-refractivity contribution >= 4 is 10.9 Å². The van der Waals surface area contributed by atoms with Gasteiger partial charge >= 0.3 is 0 Å². The minimum atomic E-state index is -0.152. The molecule has 1 aliphatic rings. The zero-order valence-electron chi connectivity index (χ0n) is 19.6. The molecule has 182 valence electrons. The van der Waals surface area contributed by atoms with Gasteiger partial charge in [0, 0.05) is 31.8 Å². The van der Waals surface area contributed by atoms with E-state index in [0.717, 1.165) is 22.2 Å². The van der Waals surface area contributed by atoms with Gasteiger partial charge in [0.15, 0.2) is 17.3 Å². The summed E-state index contributed by atoms with van der Waals surface area (Å²) in [5.74, 6) is 2.81. The maximum Gasteiger partial charge on any atom is 0.252 e. The van der Waals surface area contributed by atoms with Crippen LogP contribution in [0.15, 0.2) is 47.3 Å². The van der Waals surface area contributed by atoms with E-state index in [-0.39, 0.29) is 12.4 Å². The summed E-state index contributed by atoms with van der Waals surface area (Å²) in [4.78, 5) is 18.1. The lowest BCUT2D eigenvalue weighted by atomic mass is 10.1. The average molecular weight is 479 g/mol. The Morgan fingerprint density at radius 2 is 1.94 bits per heavy atom. The topological polar surface area (TPSA) is 117 Å². The fourth-order valence-corrected chi connectivity index (χ4v) is 4.06. The van der Waals surface area contributed by atoms with Crippen molar-refractivity contribution in [3.05, 3.63) is 69.8 Å². The lowest BCUT2D eigenvalue weighted by Crippen LogP contribution is -2.28. The molecular weight excluding hydrogens is 452 g/mol. The first-order valence-corrected chi connectivity index (χ1v) is 11.2. The number of hydrogen-bond donors (Lipinski definition) is 1. The highest BCUT2D eigenvalue weighted by Gasteiger charge is 2.18. The molecule has 0 unspecified atom stereocenters. The predicted octanol–water partition coefficient (Wildman–Crippen LogP) is 2.10. The standard InChI is InChI=1S/C24H26N6O5/c1-32-8-7-30-23(26-27-28-30)14-29(12-16-3-6-21-22(9-16)35-15-34-21)13-18-10-17-4-5-19(33-2)11-20(17)25-24(18)31/h3-6,9-11H,7-8,12-15H2,1-2H3,(H,25,31). The minimum absolute atomic E-state index is 0.152. The van der Waals surface area contributed by atoms with Crippen molar-refractivity contribution in [3.63, 3.8) is 0 Å². The Balaban J connectivity index is 1.44. The monoisotopic (exact) mass is 478 g/mol. The summed E-state index contributed by atoms with van der Waals surface area (Å²) in [7, 11) is 3.24. The van der Waals surface area contributed by atoms with E-state index in [4.69, 9.17) is 18.9 Å². The molecule has 0 bridgehead atoms. The van der Waals surface area contributed by atoms with Gasteiger partial charge in [0.2, 0.25) is 6.79 Å². The van der Waals surface area contributed by atoms with Gasteiger partial charge in [-0.2, -0.15) is 0 Å². The molecule has 3 heterocycles. The van der Waals surface area contributed by atoms with E-state index in [1.807, 2.05) is 42.5 Å². The molecule has 0 spiro atoms. The van der Waals surface area contributed by atoms with Crippen LogP contribution in [0.4, 0.5) is 0 Å². The van der Waals surface area contributed by atoms with Gasteiger partial charge in [-0.25, -0.2) is 4.68 Å². The molecule has 5 rings (SSSR count). The number of H-pyrrole nitrogens is 1. The van der Waals surface area contributed by atoms with E-state index in [0.29, 0.717) is 55.7 Å². The second kappa shape index (κ2) is 10.1. The van der Waals surface area contributed by atoms with Gasteiger partial charge in [0.25, 0.3) is 5.56 Å². The van der Waals surface area contributed by atoms with Crippen LogP contribution in [0.2, 0.25) is 0 Å². The molecule has 0 radical (unpaired) electrons. The van der Waals surface area contributed by atoms with E-state index >= 15 is 0 Å². The molecule has 0 atom stereocenters. The van der Waals surface area contributed by atoms with E-state index in [1.54, 1.807) is 18.9 Å². The summed E-state index contributed by atoms with van der Waals surface area (Å²) in [5.41, 5.74) is 2.23. The summed E-state index contributed by atoms with van der Waals surface area (Å²) in [5, 5.41) is 13.0. The van der Waals surface area contributed by atoms with Gasteiger partial charge in [-0.05, 0) is 51.7 Å². The van der Waals surface area contributed by atoms with Crippen molar-refractivity contribution in [2.75, 3.05) is 27.6 Å². The summed E-state index contributed by atoms with van der Waals surface area (Å²) >= 11 is 0. The number of fused-ring (bicyclic) bond motifs is 2. The van der Waals surface area contributed by atoms with Crippen LogP contribution in [0.3, 0.4) is 0 Å². The van der Waals surface area contributed by atoms with E-state index in [2.05, 4.69) is 25.4 Å². The van der Waals surface area contributed by atoms with Crippen molar-refractivity contribution in [1.29, 1.82) is 0 Å². The SMILES string of the molecule is COCCn1nnnc1CN(Cc1ccc2c(c1)OCO2)Cc1cc2ccc(OC)cc2[nH]c1=O. The van der Waals surface area contributed by atoms with E-state index in [9.17, 15) is 4.79 Å². The van der Waals surface area contributed by atoms with Gasteiger partial charge < -0.3 is 23.9 Å². The summed E-state index contributed by atoms with van der Waals surface area (Å²) in [6.07, 6.45) is 0. The summed E-state index contributed by atoms with van der Waals surface area (Å²) in [6, 6.07) is 13.4. The second-order valence-corrected chi connectivity index (χ2v) is 8.22. The first-order valence-electron chi connectivity index (χ1n) is 11.2. The highest BCUT2D eigenvalue weighted by molar-refractivity contribution is 5.80. The number of nitrogens with one attached hydrogen (secondary N) is 1. The van der Waals surface area contributed by atoms with Crippen LogP contribution in [0.5, 0.6) is 17.2 Å². The maximum absolute atomic E-state index is 13.0. The normalized spacial score (nSPS) is 12.5. The molecule has 0 saturated heterocycles. The fraction of sp³-hybridized carbons (Fsp3) is 0.333. The van der Waals surface area contributed by atoms with Gasteiger partial charge in [-0.3, -0.25) is 9.69 Å². The Labute approximate surface area is 201 Å². The zero-order valence-corrected chi connectivity index (χ0v) is 19.6. The molecule has 2 aromatic carbocycles. The molecule has 35 heavy (non-hydrogen) atoms. The largest absolute Gasteiger partial charge is 0.497 e. The Morgan fingerprint density at radius 1 is 1.06 bits per heavy atom. The van der Waals surface area contributed by atoms with Crippen molar-refractivity contribution in [2.45, 2.75) is 26.2 Å². The minimum Gasteiger partial charge on any atom is -0.497 e. The lowest BCUT2D eigenvalue weighted by molar-refractivity contribution is 0.173. The third-order valence-corrected chi connectivity index (χ3v) is 5.85. The molecule has 11 heteroatoms. The van der Waals surface area contributed by atoms with Crippen LogP contribution in [-0.2, 0) is 30.9 Å². The molecule has 1 N–H and O–H groups in total. The molecule has 1 aliphatic heterocycles. The van der Waals surface area contributed by atoms with Gasteiger partial charge in [0.1, 0.15) is 5.75 Å². The molecular formula is C24H26N6O5. The number of hydrogen-bond acceptors (Lipinski definition) is 9. The number of methoxy groups -OCH3 is 2. The Bertz CT molecular complexity index is 1380. The van der Waals surface area contributed by atoms with Crippen LogP contribution in [-0.4, -0.2) is 57.7 Å². The zero-order chi connectivity index (χ0) is 24.2. The quantitative estimate of drug-likeness (QED) is 0.366. The van der Waals surface area contributed by atoms with E-state index < -0.39 is 0 Å². The first kappa shape index (κ1) is 22.8. The molecule has 0 fully saturated rings. The number of aromatic amines is 1. The summed E-state index contributed by atoms with van der Waals surface area (Å²) in [6.45, 7) is 2.62. The molecule has 0 aliphatic carbocycles. The van der Waals surface area contributed by atoms with Crippen molar-refractivity contribution in [2.24, 2.45) is 0 Å². The van der Waals surface area contributed by atoms with Gasteiger partial charge in [-0.15, -0.1) is 5.10 Å². The number of rotatable bonds is 10. The van der Waals surface area contributed by atoms with Crippen LogP contribution in [0.25, 0.3) is 10.9 Å². The third-order valence-electron chi connectivity index (χ3n) is 5.85. The number of aromatic nitrogens is 5. The number of tetrazole rings is 1. The Hall–Kier alpha value is -3.96. The van der Waals surface area contributed by atoms with Crippen molar-refractivity contribution in [3.8, 4) is 17.2 Å². The van der Waals surface area contributed by atoms with Crippen LogP contribution in [0.1, 0.15) is 17.0 Å². The van der Waals surface area contributed by atoms with Crippen LogP contribution >= 0.6 is 0 Å². The lowest BCUT2D eigenvalue weighted by Gasteiger charge is -2.22. The Kier molecular flexibility index (Phi) is 6.59. The molecule has 4 aromatic rings. The average Bonchev–Trinajstić information content (AvgIpc) is 3.51. The fourth-order valence-electron chi connectivity index (χ4n) is 4.06. The number of benzene rings is 2. The van der Waals surface area contributed by atoms with Crippen LogP contribution in [0, 0.1) is 0 Å². The third kappa shape index (κ3) is 5.10. The molecule has 0 saturated carbocycles. The number of nitrogens with zero attached hydrogens (tertiary/aromatic N) is 5. The second-order valence-electron chi connectivity index (χ2n) is 8.22. The predicted molar refractivity (Wildman–Crippen MR) is 126 cm³/mol. The number of pyridine rings is 1. The van der Waals surface area contributed by atoms with Crippen molar-refractivity contribution < 1.29 is 18.9 Å². The highest BCUT2D eigenvalue weighted by Crippen LogP contribution is 2.33. The molecule has 0 amide bonds. The van der Waals surface area contributed by atoms with E-state index in [1.165, 1.54) is 0 Å². The van der Waals surface area contributed by atoms with Gasteiger partial charge in [-0.1, -0.05) is 6.07 Å². The highest BCUT2D eigenvalue weighted by atomic mass is 16.7. The molecule has 11 nitrogen and oxygen atoms in total. The maximum atomic E-state index is 13.0. The number of ether oxygens (including phenoxy) is 4. The first-order chi connectivity index (χ1) is 17.1. The summed E-state index contributed by atoms with van der Waals surface area (Å²) < 4.78 is 23.1.